The number of para-hydroxylation sites is 1. The van der Waals surface area contributed by atoms with Crippen LogP contribution in [0.5, 0.6) is 11.5 Å². The van der Waals surface area contributed by atoms with Crippen molar-refractivity contribution in [2.75, 3.05) is 0 Å². The molecule has 0 N–H and O–H groups in total. The van der Waals surface area contributed by atoms with Crippen molar-refractivity contribution in [3.05, 3.63) is 99.6 Å². The summed E-state index contributed by atoms with van der Waals surface area (Å²) in [5, 5.41) is 0. The van der Waals surface area contributed by atoms with Gasteiger partial charge >= 0.3 is 0 Å². The second-order valence-corrected chi connectivity index (χ2v) is 8.44. The van der Waals surface area contributed by atoms with Crippen LogP contribution in [0.25, 0.3) is 5.57 Å². The number of ether oxygens (including phenoxy) is 2. The van der Waals surface area contributed by atoms with Crippen molar-refractivity contribution in [1.29, 1.82) is 0 Å². The SMILES string of the molecule is Ic1ccccc1O[C@H]1CCCCC=C1c1ccc(OCc2ccccc2)cc1. The molecular weight excluding hydrogens is 471 g/mol. The second-order valence-electron chi connectivity index (χ2n) is 7.28. The quantitative estimate of drug-likeness (QED) is 0.334. The highest BCUT2D eigenvalue weighted by atomic mass is 127. The van der Waals surface area contributed by atoms with E-state index in [1.807, 2.05) is 30.3 Å². The zero-order valence-corrected chi connectivity index (χ0v) is 18.5. The van der Waals surface area contributed by atoms with Gasteiger partial charge in [0.15, 0.2) is 0 Å². The van der Waals surface area contributed by atoms with Crippen LogP contribution in [0.3, 0.4) is 0 Å². The number of rotatable bonds is 6. The predicted octanol–water partition coefficient (Wildman–Crippen LogP) is 7.28. The van der Waals surface area contributed by atoms with Crippen LogP contribution in [0.15, 0.2) is 84.9 Å². The van der Waals surface area contributed by atoms with Gasteiger partial charge in [0.2, 0.25) is 0 Å². The first-order valence-electron chi connectivity index (χ1n) is 10.2. The molecule has 0 heterocycles. The maximum Gasteiger partial charge on any atom is 0.133 e. The van der Waals surface area contributed by atoms with Crippen molar-refractivity contribution >= 4 is 28.2 Å². The summed E-state index contributed by atoms with van der Waals surface area (Å²) in [6.45, 7) is 0.584. The molecule has 0 bridgehead atoms. The topological polar surface area (TPSA) is 18.5 Å². The minimum absolute atomic E-state index is 0.0875. The van der Waals surface area contributed by atoms with E-state index in [1.54, 1.807) is 0 Å². The van der Waals surface area contributed by atoms with Crippen LogP contribution in [0.4, 0.5) is 0 Å². The van der Waals surface area contributed by atoms with E-state index in [4.69, 9.17) is 9.47 Å². The summed E-state index contributed by atoms with van der Waals surface area (Å²) in [7, 11) is 0. The summed E-state index contributed by atoms with van der Waals surface area (Å²) in [6, 6.07) is 26.9. The normalized spacial score (nSPS) is 16.6. The number of hydrogen-bond donors (Lipinski definition) is 0. The van der Waals surface area contributed by atoms with E-state index in [2.05, 4.69) is 77.2 Å². The third-order valence-electron chi connectivity index (χ3n) is 5.17. The molecule has 2 nitrogen and oxygen atoms in total. The largest absolute Gasteiger partial charge is 0.489 e. The highest BCUT2D eigenvalue weighted by Crippen LogP contribution is 2.32. The predicted molar refractivity (Wildman–Crippen MR) is 127 cm³/mol. The van der Waals surface area contributed by atoms with Crippen LogP contribution in [0.1, 0.15) is 36.8 Å². The Kier molecular flexibility index (Phi) is 6.88. The number of hydrogen-bond acceptors (Lipinski definition) is 2. The summed E-state index contributed by atoms with van der Waals surface area (Å²) in [5.74, 6) is 1.86. The standard InChI is InChI=1S/C26H25IO2/c27-24-12-7-8-14-26(24)29-25-13-6-2-5-11-23(25)21-15-17-22(18-16-21)28-19-20-9-3-1-4-10-20/h1,3-4,7-12,14-18,25H,2,5-6,13,19H2/t25-/m0/s1. The van der Waals surface area contributed by atoms with Crippen LogP contribution in [0, 0.1) is 3.57 Å². The molecule has 0 saturated heterocycles. The molecule has 0 unspecified atom stereocenters. The third kappa shape index (κ3) is 5.41. The van der Waals surface area contributed by atoms with Crippen LogP contribution in [-0.4, -0.2) is 6.10 Å². The monoisotopic (exact) mass is 496 g/mol. The number of benzene rings is 3. The lowest BCUT2D eigenvalue weighted by atomic mass is 9.98. The van der Waals surface area contributed by atoms with E-state index in [0.717, 1.165) is 27.9 Å². The van der Waals surface area contributed by atoms with E-state index < -0.39 is 0 Å². The first kappa shape index (κ1) is 20.0. The molecule has 1 aliphatic carbocycles. The fraction of sp³-hybridized carbons (Fsp3) is 0.231. The van der Waals surface area contributed by atoms with Crippen LogP contribution in [-0.2, 0) is 6.61 Å². The molecule has 0 aromatic heterocycles. The molecule has 4 rings (SSSR count). The van der Waals surface area contributed by atoms with Gasteiger partial charge in [0.05, 0.1) is 3.57 Å². The van der Waals surface area contributed by atoms with Gasteiger partial charge in [-0.15, -0.1) is 0 Å². The molecule has 0 aliphatic heterocycles. The molecule has 0 saturated carbocycles. The summed E-state index contributed by atoms with van der Waals surface area (Å²) in [6.07, 6.45) is 6.99. The average Bonchev–Trinajstić information content (AvgIpc) is 3.00. The molecule has 3 aromatic rings. The lowest BCUT2D eigenvalue weighted by Crippen LogP contribution is -2.18. The molecule has 0 radical (unpaired) electrons. The maximum atomic E-state index is 6.46. The highest BCUT2D eigenvalue weighted by molar-refractivity contribution is 14.1. The zero-order chi connectivity index (χ0) is 19.9. The zero-order valence-electron chi connectivity index (χ0n) is 16.4. The smallest absolute Gasteiger partial charge is 0.133 e. The molecule has 3 aromatic carbocycles. The Morgan fingerprint density at radius 1 is 0.828 bits per heavy atom. The molecule has 0 fully saturated rings. The van der Waals surface area contributed by atoms with E-state index in [9.17, 15) is 0 Å². The van der Waals surface area contributed by atoms with Gasteiger partial charge in [-0.2, -0.15) is 0 Å². The molecule has 1 atom stereocenters. The molecule has 0 amide bonds. The Bertz CT molecular complexity index is 948. The van der Waals surface area contributed by atoms with Gasteiger partial charge in [0.1, 0.15) is 24.2 Å². The Morgan fingerprint density at radius 3 is 2.38 bits per heavy atom. The molecule has 29 heavy (non-hydrogen) atoms. The van der Waals surface area contributed by atoms with Crippen molar-refractivity contribution in [1.82, 2.24) is 0 Å². The van der Waals surface area contributed by atoms with Crippen molar-refractivity contribution in [2.24, 2.45) is 0 Å². The van der Waals surface area contributed by atoms with E-state index >= 15 is 0 Å². The molecule has 3 heteroatoms. The first-order chi connectivity index (χ1) is 14.3. The lowest BCUT2D eigenvalue weighted by Gasteiger charge is -2.22. The number of halogens is 1. The summed E-state index contributed by atoms with van der Waals surface area (Å²) in [4.78, 5) is 0. The molecule has 148 valence electrons. The van der Waals surface area contributed by atoms with Crippen molar-refractivity contribution in [3.63, 3.8) is 0 Å². The van der Waals surface area contributed by atoms with E-state index in [0.29, 0.717) is 6.61 Å². The van der Waals surface area contributed by atoms with Crippen molar-refractivity contribution < 1.29 is 9.47 Å². The lowest BCUT2D eigenvalue weighted by molar-refractivity contribution is 0.243. The Labute approximate surface area is 186 Å². The van der Waals surface area contributed by atoms with Gasteiger partial charge in [-0.3, -0.25) is 0 Å². The maximum absolute atomic E-state index is 6.46. The average molecular weight is 496 g/mol. The fourth-order valence-electron chi connectivity index (χ4n) is 3.62. The minimum atomic E-state index is 0.0875. The second kappa shape index (κ2) is 9.97. The van der Waals surface area contributed by atoms with Gasteiger partial charge in [-0.1, -0.05) is 60.7 Å². The third-order valence-corrected chi connectivity index (χ3v) is 6.06. The summed E-state index contributed by atoms with van der Waals surface area (Å²) >= 11 is 2.35. The van der Waals surface area contributed by atoms with Gasteiger partial charge in [0, 0.05) is 0 Å². The summed E-state index contributed by atoms with van der Waals surface area (Å²) < 4.78 is 13.6. The molecule has 0 spiro atoms. The highest BCUT2D eigenvalue weighted by Gasteiger charge is 2.21. The summed E-state index contributed by atoms with van der Waals surface area (Å²) in [5.41, 5.74) is 3.68. The van der Waals surface area contributed by atoms with Crippen molar-refractivity contribution in [2.45, 2.75) is 38.4 Å². The van der Waals surface area contributed by atoms with Gasteiger partial charge in [0.25, 0.3) is 0 Å². The van der Waals surface area contributed by atoms with E-state index in [1.165, 1.54) is 29.5 Å². The molecule has 1 aliphatic rings. The van der Waals surface area contributed by atoms with Crippen LogP contribution in [0.2, 0.25) is 0 Å². The van der Waals surface area contributed by atoms with E-state index in [-0.39, 0.29) is 6.10 Å². The van der Waals surface area contributed by atoms with Crippen LogP contribution >= 0.6 is 22.6 Å². The fourth-order valence-corrected chi connectivity index (χ4v) is 4.14. The van der Waals surface area contributed by atoms with Crippen molar-refractivity contribution in [3.8, 4) is 11.5 Å². The Hall–Kier alpha value is -2.27. The first-order valence-corrected chi connectivity index (χ1v) is 11.3. The molecular formula is C26H25IO2. The Balaban J connectivity index is 1.48. The van der Waals surface area contributed by atoms with Gasteiger partial charge in [-0.25, -0.2) is 0 Å². The van der Waals surface area contributed by atoms with Gasteiger partial charge < -0.3 is 9.47 Å². The Morgan fingerprint density at radius 2 is 1.59 bits per heavy atom. The number of allylic oxidation sites excluding steroid dienone is 1. The van der Waals surface area contributed by atoms with Gasteiger partial charge in [-0.05, 0) is 89.2 Å². The minimum Gasteiger partial charge on any atom is -0.489 e. The van der Waals surface area contributed by atoms with Crippen LogP contribution < -0.4 is 9.47 Å².